The normalized spacial score (nSPS) is 34.3. The highest BCUT2D eigenvalue weighted by Gasteiger charge is 2.73. The number of hydrogen-bond donors (Lipinski definition) is 2. The molecule has 6 rings (SSSR count). The Labute approximate surface area is 252 Å². The molecule has 1 aromatic rings. The number of aliphatic hydroxyl groups excluding tert-OH is 1. The van der Waals surface area contributed by atoms with Gasteiger partial charge in [0.05, 0.1) is 18.6 Å². The average molecular weight is 592 g/mol. The zero-order valence-corrected chi connectivity index (χ0v) is 24.4. The number of rotatable bonds is 5. The molecule has 6 atom stereocenters. The molecule has 3 fully saturated rings. The number of fused-ring (bicyclic) bond motifs is 2. The third kappa shape index (κ3) is 5.51. The Kier molecular flexibility index (Phi) is 8.68. The van der Waals surface area contributed by atoms with Gasteiger partial charge in [0.2, 0.25) is 17.7 Å². The van der Waals surface area contributed by atoms with E-state index in [-0.39, 0.29) is 49.9 Å². The number of ether oxygens (including phenoxy) is 2. The van der Waals surface area contributed by atoms with Crippen molar-refractivity contribution in [2.45, 2.75) is 81.3 Å². The zero-order chi connectivity index (χ0) is 30.0. The van der Waals surface area contributed by atoms with Gasteiger partial charge in [-0.1, -0.05) is 73.9 Å². The van der Waals surface area contributed by atoms with Crippen LogP contribution in [0.15, 0.2) is 54.6 Å². The van der Waals surface area contributed by atoms with Gasteiger partial charge in [-0.05, 0) is 31.2 Å². The van der Waals surface area contributed by atoms with E-state index in [9.17, 15) is 24.3 Å². The molecule has 10 nitrogen and oxygen atoms in total. The lowest BCUT2D eigenvalue weighted by Gasteiger charge is -2.40. The van der Waals surface area contributed by atoms with Crippen molar-refractivity contribution in [3.8, 4) is 0 Å². The molecule has 1 aromatic carbocycles. The van der Waals surface area contributed by atoms with Gasteiger partial charge in [-0.25, -0.2) is 0 Å². The number of benzene rings is 1. The molecule has 10 heteroatoms. The van der Waals surface area contributed by atoms with Crippen LogP contribution in [0.3, 0.4) is 0 Å². The summed E-state index contributed by atoms with van der Waals surface area (Å²) >= 11 is 0. The predicted molar refractivity (Wildman–Crippen MR) is 156 cm³/mol. The van der Waals surface area contributed by atoms with Crippen LogP contribution < -0.4 is 5.32 Å². The van der Waals surface area contributed by atoms with Crippen molar-refractivity contribution in [1.29, 1.82) is 0 Å². The summed E-state index contributed by atoms with van der Waals surface area (Å²) in [4.78, 5) is 58.9. The Balaban J connectivity index is 1.39. The van der Waals surface area contributed by atoms with Crippen LogP contribution in [0.2, 0.25) is 0 Å². The lowest BCUT2D eigenvalue weighted by Crippen LogP contribution is -2.58. The van der Waals surface area contributed by atoms with E-state index in [0.29, 0.717) is 19.4 Å². The van der Waals surface area contributed by atoms with Crippen molar-refractivity contribution in [1.82, 2.24) is 15.1 Å². The third-order valence-electron chi connectivity index (χ3n) is 9.66. The number of nitrogens with zero attached hydrogens (tertiary/aromatic N) is 2. The van der Waals surface area contributed by atoms with E-state index in [1.807, 2.05) is 53.5 Å². The number of likely N-dealkylation sites (tertiary alicyclic amines) is 1. The van der Waals surface area contributed by atoms with Crippen LogP contribution in [0.25, 0.3) is 0 Å². The average Bonchev–Trinajstić information content (AvgIpc) is 3.67. The van der Waals surface area contributed by atoms with E-state index in [4.69, 9.17) is 9.47 Å². The first-order valence-electron chi connectivity index (χ1n) is 15.7. The number of aliphatic hydroxyl groups is 1. The number of nitrogens with one attached hydrogen (secondary N) is 1. The lowest BCUT2D eigenvalue weighted by molar-refractivity contribution is -0.160. The molecule has 0 radical (unpaired) electrons. The van der Waals surface area contributed by atoms with Crippen molar-refractivity contribution in [2.24, 2.45) is 11.8 Å². The first-order chi connectivity index (χ1) is 20.9. The van der Waals surface area contributed by atoms with Gasteiger partial charge in [0.15, 0.2) is 0 Å². The van der Waals surface area contributed by atoms with Crippen molar-refractivity contribution in [2.75, 3.05) is 26.2 Å². The van der Waals surface area contributed by atoms with Gasteiger partial charge < -0.3 is 29.7 Å². The summed E-state index contributed by atoms with van der Waals surface area (Å²) in [5, 5.41) is 12.6. The summed E-state index contributed by atoms with van der Waals surface area (Å²) in [6.07, 6.45) is 12.0. The van der Waals surface area contributed by atoms with Gasteiger partial charge in [-0.3, -0.25) is 19.2 Å². The minimum absolute atomic E-state index is 0.0245. The summed E-state index contributed by atoms with van der Waals surface area (Å²) in [5.41, 5.74) is -0.569. The van der Waals surface area contributed by atoms with Gasteiger partial charge in [-0.2, -0.15) is 0 Å². The van der Waals surface area contributed by atoms with Crippen LogP contribution in [0.4, 0.5) is 0 Å². The Bertz CT molecular complexity index is 1280. The van der Waals surface area contributed by atoms with E-state index in [2.05, 4.69) is 5.32 Å². The summed E-state index contributed by atoms with van der Waals surface area (Å²) < 4.78 is 12.6. The molecule has 1 aliphatic carbocycles. The van der Waals surface area contributed by atoms with Gasteiger partial charge in [-0.15, -0.1) is 0 Å². The molecule has 0 unspecified atom stereocenters. The summed E-state index contributed by atoms with van der Waals surface area (Å²) in [5.74, 6) is -3.15. The van der Waals surface area contributed by atoms with Gasteiger partial charge >= 0.3 is 5.97 Å². The molecule has 43 heavy (non-hydrogen) atoms. The topological polar surface area (TPSA) is 125 Å². The molecule has 5 bridgehead atoms. The number of amides is 3. The van der Waals surface area contributed by atoms with Crippen LogP contribution in [0, 0.1) is 11.8 Å². The van der Waals surface area contributed by atoms with Crippen LogP contribution in [-0.4, -0.2) is 88.6 Å². The third-order valence-corrected chi connectivity index (χ3v) is 9.66. The first-order valence-corrected chi connectivity index (χ1v) is 15.7. The second-order valence-corrected chi connectivity index (χ2v) is 12.2. The van der Waals surface area contributed by atoms with Crippen molar-refractivity contribution in [3.63, 3.8) is 0 Å². The number of carbonyl (C=O) groups excluding carboxylic acids is 4. The molecule has 1 spiro atoms. The smallest absolute Gasteiger partial charge is 0.313 e. The molecule has 2 N–H and O–H groups in total. The Hall–Kier alpha value is -3.50. The molecule has 4 aliphatic heterocycles. The van der Waals surface area contributed by atoms with E-state index in [0.717, 1.165) is 37.7 Å². The maximum absolute atomic E-state index is 14.7. The molecular weight excluding hydrogens is 550 g/mol. The fourth-order valence-electron chi connectivity index (χ4n) is 7.60. The highest BCUT2D eigenvalue weighted by molar-refractivity contribution is 5.99. The van der Waals surface area contributed by atoms with Gasteiger partial charge in [0.25, 0.3) is 0 Å². The van der Waals surface area contributed by atoms with E-state index in [1.54, 1.807) is 6.08 Å². The molecule has 2 saturated heterocycles. The van der Waals surface area contributed by atoms with Crippen molar-refractivity contribution >= 4 is 23.7 Å². The minimum Gasteiger partial charge on any atom is -0.455 e. The fraction of sp³-hybridized carbons (Fsp3) is 0.576. The number of carbonyl (C=O) groups is 4. The zero-order valence-electron chi connectivity index (χ0n) is 24.4. The van der Waals surface area contributed by atoms with Crippen molar-refractivity contribution < 1.29 is 33.8 Å². The molecule has 0 aromatic heterocycles. The van der Waals surface area contributed by atoms with Crippen LogP contribution in [0.5, 0.6) is 0 Å². The highest BCUT2D eigenvalue weighted by Crippen LogP contribution is 2.56. The minimum atomic E-state index is -1.29. The summed E-state index contributed by atoms with van der Waals surface area (Å²) in [7, 11) is 0. The molecule has 4 heterocycles. The number of hydrogen-bond acceptors (Lipinski definition) is 7. The van der Waals surface area contributed by atoms with Crippen LogP contribution >= 0.6 is 0 Å². The van der Waals surface area contributed by atoms with Crippen LogP contribution in [0.1, 0.15) is 63.0 Å². The second kappa shape index (κ2) is 12.6. The maximum Gasteiger partial charge on any atom is 0.313 e. The van der Waals surface area contributed by atoms with Gasteiger partial charge in [0, 0.05) is 32.2 Å². The van der Waals surface area contributed by atoms with E-state index >= 15 is 0 Å². The molecule has 5 aliphatic rings. The van der Waals surface area contributed by atoms with Gasteiger partial charge in [0.1, 0.15) is 23.7 Å². The van der Waals surface area contributed by atoms with Crippen molar-refractivity contribution in [3.05, 3.63) is 60.2 Å². The molecule has 1 saturated carbocycles. The quantitative estimate of drug-likeness (QED) is 0.398. The lowest BCUT2D eigenvalue weighted by atomic mass is 9.74. The number of allylic oxidation sites excluding steroid dienone is 1. The largest absolute Gasteiger partial charge is 0.455 e. The summed E-state index contributed by atoms with van der Waals surface area (Å²) in [6.45, 7) is 0.502. The predicted octanol–water partition coefficient (Wildman–Crippen LogP) is 2.43. The van der Waals surface area contributed by atoms with E-state index < -0.39 is 41.7 Å². The second-order valence-electron chi connectivity index (χ2n) is 12.2. The molecule has 230 valence electrons. The fourth-order valence-corrected chi connectivity index (χ4v) is 7.60. The van der Waals surface area contributed by atoms with E-state index in [1.165, 1.54) is 4.90 Å². The monoisotopic (exact) mass is 591 g/mol. The number of esters is 1. The Morgan fingerprint density at radius 3 is 2.56 bits per heavy atom. The standard InChI is InChI=1S/C33H41N3O7/c37-20-10-19-36-29-31(40)35(23-13-6-2-7-14-23)18-9-3-8-15-26(38)34-21-25(22-11-4-1-5-12-22)42-32(41)27-24-16-17-33(29,43-24)28(27)30(36)39/h1,3-5,9,11-12,16-17,23-25,27-29,37H,2,6-8,10,13-15,18-21H2,(H,34,38)/b9-3-/t24-,25-,27+,28+,29-,33+/m0/s1. The maximum atomic E-state index is 14.7. The SMILES string of the molecule is O=C1CC/C=C\CN(C2CCCCC2)C(=O)[C@@H]2N(CCCO)C(=O)[C@H]3[C@H](C(=O)O[C@H](c4ccccc4)CN1)[C@@H]1C=C[C@]23O1. The highest BCUT2D eigenvalue weighted by atomic mass is 16.6. The Morgan fingerprint density at radius 2 is 1.79 bits per heavy atom. The summed E-state index contributed by atoms with van der Waals surface area (Å²) in [6, 6.07) is 8.28. The Morgan fingerprint density at radius 1 is 1.00 bits per heavy atom. The first kappa shape index (κ1) is 29.6. The van der Waals surface area contributed by atoms with Crippen LogP contribution in [-0.2, 0) is 28.7 Å². The molecular formula is C33H41N3O7. The molecule has 3 amide bonds. The number of cyclic esters (lactones) is 1.